The number of ether oxygens (including phenoxy) is 1. The number of halogens is 3. The van der Waals surface area contributed by atoms with Gasteiger partial charge in [-0.1, -0.05) is 39.8 Å². The highest BCUT2D eigenvalue weighted by Gasteiger charge is 2.33. The molecule has 1 unspecified atom stereocenters. The zero-order valence-electron chi connectivity index (χ0n) is 18.0. The lowest BCUT2D eigenvalue weighted by Gasteiger charge is -2.32. The summed E-state index contributed by atoms with van der Waals surface area (Å²) in [6.07, 6.45) is -3.81. The highest BCUT2D eigenvalue weighted by Crippen LogP contribution is 2.32. The van der Waals surface area contributed by atoms with Gasteiger partial charge in [-0.3, -0.25) is 4.79 Å². The Hall–Kier alpha value is -2.25. The molecule has 0 aliphatic carbocycles. The van der Waals surface area contributed by atoms with Crippen LogP contribution in [0.3, 0.4) is 0 Å². The van der Waals surface area contributed by atoms with Crippen LogP contribution in [0.2, 0.25) is 0 Å². The molecular formula is C22H31F3N2O3. The largest absolute Gasteiger partial charge is 0.449 e. The molecule has 2 amide bonds. The van der Waals surface area contributed by atoms with Crippen LogP contribution in [0.25, 0.3) is 0 Å². The van der Waals surface area contributed by atoms with Crippen molar-refractivity contribution in [3.63, 3.8) is 0 Å². The average Bonchev–Trinajstić information content (AvgIpc) is 2.69. The topological polar surface area (TPSA) is 58.6 Å². The molecule has 0 saturated carbocycles. The monoisotopic (exact) mass is 428 g/mol. The zero-order chi connectivity index (χ0) is 22.5. The molecule has 0 aromatic heterocycles. The number of rotatable bonds is 6. The fourth-order valence-electron chi connectivity index (χ4n) is 3.47. The molecule has 1 aliphatic heterocycles. The van der Waals surface area contributed by atoms with Gasteiger partial charge in [-0.25, -0.2) is 4.79 Å². The second kappa shape index (κ2) is 10.2. The van der Waals surface area contributed by atoms with Gasteiger partial charge in [-0.2, -0.15) is 13.2 Å². The summed E-state index contributed by atoms with van der Waals surface area (Å²) in [6, 6.07) is 4.57. The molecule has 0 bridgehead atoms. The molecule has 1 heterocycles. The van der Waals surface area contributed by atoms with Gasteiger partial charge in [0.25, 0.3) is 0 Å². The Labute approximate surface area is 176 Å². The third-order valence-corrected chi connectivity index (χ3v) is 5.20. The molecule has 1 saturated heterocycles. The summed E-state index contributed by atoms with van der Waals surface area (Å²) in [5.74, 6) is -0.308. The van der Waals surface area contributed by atoms with E-state index in [0.717, 1.165) is 12.1 Å². The van der Waals surface area contributed by atoms with E-state index < -0.39 is 17.8 Å². The molecule has 0 spiro atoms. The Morgan fingerprint density at radius 2 is 1.80 bits per heavy atom. The molecule has 1 aliphatic rings. The Kier molecular flexibility index (Phi) is 8.15. The number of nitrogens with one attached hydrogen (secondary N) is 1. The summed E-state index contributed by atoms with van der Waals surface area (Å²) < 4.78 is 44.4. The first kappa shape index (κ1) is 24.0. The van der Waals surface area contributed by atoms with Gasteiger partial charge in [0.1, 0.15) is 0 Å². The lowest BCUT2D eigenvalue weighted by molar-refractivity contribution is -0.137. The molecule has 5 nitrogen and oxygen atoms in total. The van der Waals surface area contributed by atoms with Crippen molar-refractivity contribution in [2.24, 2.45) is 17.8 Å². The number of alkyl halides is 3. The predicted molar refractivity (Wildman–Crippen MR) is 108 cm³/mol. The van der Waals surface area contributed by atoms with E-state index in [0.29, 0.717) is 38.1 Å². The zero-order valence-corrected chi connectivity index (χ0v) is 18.0. The summed E-state index contributed by atoms with van der Waals surface area (Å²) in [7, 11) is 0. The summed E-state index contributed by atoms with van der Waals surface area (Å²) in [6.45, 7) is 8.83. The molecule has 168 valence electrons. The second-order valence-electron chi connectivity index (χ2n) is 8.59. The van der Waals surface area contributed by atoms with Gasteiger partial charge in [0.2, 0.25) is 5.91 Å². The number of hydrogen-bond donors (Lipinski definition) is 1. The van der Waals surface area contributed by atoms with Crippen molar-refractivity contribution in [2.45, 2.75) is 52.8 Å². The number of likely N-dealkylation sites (tertiary alicyclic amines) is 1. The molecule has 2 rings (SSSR count). The van der Waals surface area contributed by atoms with E-state index >= 15 is 0 Å². The Bertz CT molecular complexity index is 727. The van der Waals surface area contributed by atoms with Gasteiger partial charge in [-0.15, -0.1) is 0 Å². The number of benzene rings is 1. The summed E-state index contributed by atoms with van der Waals surface area (Å²) in [4.78, 5) is 26.4. The van der Waals surface area contributed by atoms with Crippen molar-refractivity contribution < 1.29 is 27.5 Å². The maximum absolute atomic E-state index is 13.1. The van der Waals surface area contributed by atoms with Gasteiger partial charge in [0.15, 0.2) is 0 Å². The van der Waals surface area contributed by atoms with E-state index in [2.05, 4.69) is 5.32 Å². The third kappa shape index (κ3) is 6.64. The van der Waals surface area contributed by atoms with E-state index in [1.165, 1.54) is 6.07 Å². The second-order valence-corrected chi connectivity index (χ2v) is 8.59. The molecule has 30 heavy (non-hydrogen) atoms. The number of piperidine rings is 1. The van der Waals surface area contributed by atoms with Crippen molar-refractivity contribution in [3.05, 3.63) is 35.4 Å². The number of amides is 2. The number of nitrogens with zero attached hydrogens (tertiary/aromatic N) is 1. The molecule has 1 aromatic rings. The first-order valence-electron chi connectivity index (χ1n) is 10.4. The Morgan fingerprint density at radius 1 is 1.17 bits per heavy atom. The molecule has 1 fully saturated rings. The summed E-state index contributed by atoms with van der Waals surface area (Å²) in [5.41, 5.74) is -0.295. The van der Waals surface area contributed by atoms with E-state index in [4.69, 9.17) is 4.74 Å². The van der Waals surface area contributed by atoms with Crippen LogP contribution in [0.1, 0.15) is 57.7 Å². The van der Waals surface area contributed by atoms with Crippen LogP contribution in [0.4, 0.5) is 18.0 Å². The third-order valence-electron chi connectivity index (χ3n) is 5.20. The normalized spacial score (nSPS) is 16.6. The van der Waals surface area contributed by atoms with E-state index in [-0.39, 0.29) is 29.8 Å². The van der Waals surface area contributed by atoms with Crippen LogP contribution < -0.4 is 5.32 Å². The fourth-order valence-corrected chi connectivity index (χ4v) is 3.47. The summed E-state index contributed by atoms with van der Waals surface area (Å²) in [5, 5.41) is 2.92. The lowest BCUT2D eigenvalue weighted by atomic mass is 9.91. The smallest absolute Gasteiger partial charge is 0.416 e. The van der Waals surface area contributed by atoms with Gasteiger partial charge in [0, 0.05) is 19.0 Å². The van der Waals surface area contributed by atoms with Crippen LogP contribution in [0.15, 0.2) is 24.3 Å². The average molecular weight is 428 g/mol. The quantitative estimate of drug-likeness (QED) is 0.692. The Balaban J connectivity index is 1.98. The van der Waals surface area contributed by atoms with Crippen LogP contribution >= 0.6 is 0 Å². The van der Waals surface area contributed by atoms with Crippen LogP contribution in [-0.2, 0) is 15.7 Å². The number of carbonyl (C=O) groups excluding carboxylic acids is 2. The van der Waals surface area contributed by atoms with Crippen LogP contribution in [0.5, 0.6) is 0 Å². The molecule has 8 heteroatoms. The minimum atomic E-state index is -4.43. The number of hydrogen-bond acceptors (Lipinski definition) is 3. The number of carbonyl (C=O) groups is 2. The van der Waals surface area contributed by atoms with E-state index in [9.17, 15) is 22.8 Å². The van der Waals surface area contributed by atoms with E-state index in [1.54, 1.807) is 11.0 Å². The SMILES string of the molecule is CC(C)COC(=O)N1CCC(C(=O)NC(c2cccc(C(F)(F)F)c2)C(C)C)CC1. The maximum atomic E-state index is 13.1. The highest BCUT2D eigenvalue weighted by atomic mass is 19.4. The van der Waals surface area contributed by atoms with Crippen molar-refractivity contribution >= 4 is 12.0 Å². The maximum Gasteiger partial charge on any atom is 0.416 e. The van der Waals surface area contributed by atoms with Crippen molar-refractivity contribution in [2.75, 3.05) is 19.7 Å². The molecular weight excluding hydrogens is 397 g/mol. The standard InChI is InChI=1S/C22H31F3N2O3/c1-14(2)13-30-21(29)27-10-8-16(9-11-27)20(28)26-19(15(3)4)17-6-5-7-18(12-17)22(23,24)25/h5-7,12,14-16,19H,8-11,13H2,1-4H3,(H,26,28). The van der Waals surface area contributed by atoms with Crippen LogP contribution in [-0.4, -0.2) is 36.6 Å². The van der Waals surface area contributed by atoms with Crippen molar-refractivity contribution in [3.8, 4) is 0 Å². The summed E-state index contributed by atoms with van der Waals surface area (Å²) >= 11 is 0. The first-order valence-corrected chi connectivity index (χ1v) is 10.4. The molecule has 0 radical (unpaired) electrons. The molecule has 1 aromatic carbocycles. The van der Waals surface area contributed by atoms with E-state index in [1.807, 2.05) is 27.7 Å². The minimum absolute atomic E-state index is 0.0801. The lowest BCUT2D eigenvalue weighted by Crippen LogP contribution is -2.44. The van der Waals surface area contributed by atoms with Gasteiger partial charge in [-0.05, 0) is 42.4 Å². The fraction of sp³-hybridized carbons (Fsp3) is 0.636. The molecule has 1 atom stereocenters. The first-order chi connectivity index (χ1) is 14.0. The highest BCUT2D eigenvalue weighted by molar-refractivity contribution is 5.79. The van der Waals surface area contributed by atoms with Crippen LogP contribution in [0, 0.1) is 17.8 Å². The predicted octanol–water partition coefficient (Wildman–Crippen LogP) is 5.02. The minimum Gasteiger partial charge on any atom is -0.449 e. The Morgan fingerprint density at radius 3 is 2.33 bits per heavy atom. The van der Waals surface area contributed by atoms with Crippen molar-refractivity contribution in [1.29, 1.82) is 0 Å². The van der Waals surface area contributed by atoms with Gasteiger partial charge in [0.05, 0.1) is 18.2 Å². The molecule has 1 N–H and O–H groups in total. The van der Waals surface area contributed by atoms with Gasteiger partial charge < -0.3 is 15.0 Å². The van der Waals surface area contributed by atoms with Crippen molar-refractivity contribution in [1.82, 2.24) is 10.2 Å². The van der Waals surface area contributed by atoms with Gasteiger partial charge >= 0.3 is 12.3 Å².